The van der Waals surface area contributed by atoms with Crippen molar-refractivity contribution in [3.63, 3.8) is 0 Å². The maximum Gasteiger partial charge on any atom is 0.416 e. The van der Waals surface area contributed by atoms with Crippen molar-refractivity contribution in [2.75, 3.05) is 16.8 Å². The number of imide groups is 1. The van der Waals surface area contributed by atoms with Crippen molar-refractivity contribution in [1.29, 1.82) is 0 Å². The molecule has 4 aromatic rings. The summed E-state index contributed by atoms with van der Waals surface area (Å²) in [5.41, 5.74) is 1.26. The Morgan fingerprint density at radius 1 is 1.00 bits per heavy atom. The Kier molecular flexibility index (Phi) is 7.38. The quantitative estimate of drug-likeness (QED) is 0.271. The Balaban J connectivity index is 1.21. The van der Waals surface area contributed by atoms with E-state index in [0.717, 1.165) is 29.0 Å². The summed E-state index contributed by atoms with van der Waals surface area (Å²) in [6.07, 6.45) is -4.54. The van der Waals surface area contributed by atoms with Gasteiger partial charge in [-0.2, -0.15) is 13.2 Å². The molecule has 3 atom stereocenters. The van der Waals surface area contributed by atoms with Crippen LogP contribution in [0.15, 0.2) is 82.6 Å². The van der Waals surface area contributed by atoms with E-state index in [-0.39, 0.29) is 22.4 Å². The third-order valence-electron chi connectivity index (χ3n) is 7.20. The molecule has 0 saturated carbocycles. The van der Waals surface area contributed by atoms with Crippen LogP contribution in [-0.4, -0.2) is 34.6 Å². The van der Waals surface area contributed by atoms with E-state index < -0.39 is 41.3 Å². The maximum absolute atomic E-state index is 13.8. The fraction of sp³-hybridized carbons (Fsp3) is 0.200. The number of nitrogens with zero attached hydrogens (tertiary/aromatic N) is 1. The van der Waals surface area contributed by atoms with E-state index in [0.29, 0.717) is 26.9 Å². The molecule has 0 radical (unpaired) electrons. The molecule has 3 aromatic carbocycles. The third kappa shape index (κ3) is 5.57. The van der Waals surface area contributed by atoms with Gasteiger partial charge in [0.25, 0.3) is 5.91 Å². The number of nitrogens with one attached hydrogen (secondary N) is 2. The molecule has 2 N–H and O–H groups in total. The number of alkyl halides is 3. The second kappa shape index (κ2) is 11.0. The van der Waals surface area contributed by atoms with Crippen LogP contribution in [-0.2, 0) is 20.6 Å². The monoisotopic (exact) mass is 625 g/mol. The Labute approximate surface area is 250 Å². The smallest absolute Gasteiger partial charge is 0.416 e. The van der Waals surface area contributed by atoms with Gasteiger partial charge in [0.15, 0.2) is 6.61 Å². The summed E-state index contributed by atoms with van der Waals surface area (Å²) < 4.78 is 44.4. The molecule has 6 rings (SSSR count). The van der Waals surface area contributed by atoms with Gasteiger partial charge in [-0.3, -0.25) is 19.2 Å². The van der Waals surface area contributed by atoms with Gasteiger partial charge < -0.3 is 15.0 Å². The summed E-state index contributed by atoms with van der Waals surface area (Å²) in [5.74, 6) is -2.36. The lowest BCUT2D eigenvalue weighted by atomic mass is 9.83. The van der Waals surface area contributed by atoms with Crippen molar-refractivity contribution in [2.24, 2.45) is 5.92 Å². The Morgan fingerprint density at radius 2 is 1.72 bits per heavy atom. The highest BCUT2D eigenvalue weighted by atomic mass is 32.2. The number of amides is 3. The first kappa shape index (κ1) is 28.7. The SMILES string of the molecule is Cc1ccc(N2C(=O)C3Sc4[nH]c(=O)sc4C(c4ccc(OCC(=O)Nc5cccc(C(F)(F)F)c5)cc4)C3C2=O)cc1. The molecule has 1 saturated heterocycles. The first-order valence-corrected chi connectivity index (χ1v) is 14.7. The van der Waals surface area contributed by atoms with Gasteiger partial charge in [-0.15, -0.1) is 0 Å². The number of aryl methyl sites for hydroxylation is 1. The molecular weight excluding hydrogens is 603 g/mol. The summed E-state index contributed by atoms with van der Waals surface area (Å²) in [4.78, 5) is 56.3. The van der Waals surface area contributed by atoms with Gasteiger partial charge in [0.2, 0.25) is 11.8 Å². The van der Waals surface area contributed by atoms with E-state index >= 15 is 0 Å². The number of H-pyrrole nitrogens is 1. The number of carbonyl (C=O) groups is 3. The molecule has 8 nitrogen and oxygen atoms in total. The summed E-state index contributed by atoms with van der Waals surface area (Å²) in [6.45, 7) is 1.45. The van der Waals surface area contributed by atoms with E-state index in [4.69, 9.17) is 4.74 Å². The highest BCUT2D eigenvalue weighted by Crippen LogP contribution is 2.53. The van der Waals surface area contributed by atoms with Gasteiger partial charge in [0, 0.05) is 16.5 Å². The number of thiazole rings is 1. The first-order chi connectivity index (χ1) is 20.5. The maximum atomic E-state index is 13.8. The minimum Gasteiger partial charge on any atom is -0.484 e. The van der Waals surface area contributed by atoms with Gasteiger partial charge in [-0.05, 0) is 55.0 Å². The number of hydrogen-bond acceptors (Lipinski definition) is 7. The molecule has 3 unspecified atom stereocenters. The van der Waals surface area contributed by atoms with Gasteiger partial charge in [-0.1, -0.05) is 59.0 Å². The molecule has 0 spiro atoms. The predicted molar refractivity (Wildman–Crippen MR) is 156 cm³/mol. The second-order valence-electron chi connectivity index (χ2n) is 10.1. The minimum atomic E-state index is -4.54. The van der Waals surface area contributed by atoms with E-state index in [1.807, 2.05) is 19.1 Å². The molecule has 2 aliphatic heterocycles. The second-order valence-corrected chi connectivity index (χ2v) is 12.2. The van der Waals surface area contributed by atoms with E-state index in [2.05, 4.69) is 10.3 Å². The van der Waals surface area contributed by atoms with Crippen LogP contribution in [0.3, 0.4) is 0 Å². The molecule has 220 valence electrons. The van der Waals surface area contributed by atoms with Crippen molar-refractivity contribution in [2.45, 2.75) is 29.3 Å². The van der Waals surface area contributed by atoms with Crippen LogP contribution in [0.4, 0.5) is 24.5 Å². The molecule has 1 aromatic heterocycles. The lowest BCUT2D eigenvalue weighted by Gasteiger charge is -2.29. The summed E-state index contributed by atoms with van der Waals surface area (Å²) in [5, 5.41) is 2.21. The van der Waals surface area contributed by atoms with Crippen molar-refractivity contribution in [3.05, 3.63) is 104 Å². The number of aromatic amines is 1. The number of fused-ring (bicyclic) bond motifs is 2. The van der Waals surface area contributed by atoms with E-state index in [1.54, 1.807) is 36.4 Å². The number of rotatable bonds is 6. The highest BCUT2D eigenvalue weighted by Gasteiger charge is 2.56. The first-order valence-electron chi connectivity index (χ1n) is 13.0. The van der Waals surface area contributed by atoms with Crippen LogP contribution < -0.4 is 19.8 Å². The molecule has 13 heteroatoms. The molecule has 43 heavy (non-hydrogen) atoms. The van der Waals surface area contributed by atoms with Crippen LogP contribution in [0.1, 0.15) is 27.5 Å². The van der Waals surface area contributed by atoms with Gasteiger partial charge in [0.1, 0.15) is 11.0 Å². The molecule has 3 amide bonds. The zero-order chi connectivity index (χ0) is 30.5. The fourth-order valence-electron chi connectivity index (χ4n) is 5.22. The largest absolute Gasteiger partial charge is 0.484 e. The average molecular weight is 626 g/mol. The summed E-state index contributed by atoms with van der Waals surface area (Å²) in [7, 11) is 0. The molecule has 0 bridgehead atoms. The molecule has 1 fully saturated rings. The van der Waals surface area contributed by atoms with Crippen LogP contribution in [0, 0.1) is 12.8 Å². The van der Waals surface area contributed by atoms with Crippen LogP contribution in [0.25, 0.3) is 0 Å². The Bertz CT molecular complexity index is 1780. The fourth-order valence-corrected chi connectivity index (χ4v) is 7.73. The molecular formula is C30H22F3N3O5S2. The molecule has 2 aliphatic rings. The summed E-state index contributed by atoms with van der Waals surface area (Å²) >= 11 is 2.19. The topological polar surface area (TPSA) is 109 Å². The van der Waals surface area contributed by atoms with Crippen molar-refractivity contribution < 1.29 is 32.3 Å². The van der Waals surface area contributed by atoms with Crippen molar-refractivity contribution in [1.82, 2.24) is 4.98 Å². The normalized spacial score (nSPS) is 19.6. The van der Waals surface area contributed by atoms with E-state index in [1.165, 1.54) is 28.8 Å². The number of anilines is 2. The van der Waals surface area contributed by atoms with Crippen molar-refractivity contribution in [3.8, 4) is 5.75 Å². The average Bonchev–Trinajstić information content (AvgIpc) is 3.46. The standard InChI is InChI=1S/C30H22F3N3O5S2/c1-15-5-9-19(10-6-15)36-27(38)23-22(24-26(35-29(40)43-24)42-25(23)28(36)39)16-7-11-20(12-8-16)41-14-21(37)34-18-4-2-3-17(13-18)30(31,32)33/h2-13,22-23,25H,14H2,1H3,(H,34,37)(H,35,40). The number of halogens is 3. The van der Waals surface area contributed by atoms with Crippen molar-refractivity contribution >= 4 is 52.2 Å². The number of ether oxygens (including phenoxy) is 1. The Morgan fingerprint density at radius 3 is 2.42 bits per heavy atom. The Hall–Kier alpha value is -4.36. The highest BCUT2D eigenvalue weighted by molar-refractivity contribution is 8.00. The lowest BCUT2D eigenvalue weighted by Crippen LogP contribution is -2.32. The zero-order valence-corrected chi connectivity index (χ0v) is 23.9. The van der Waals surface area contributed by atoms with Crippen LogP contribution >= 0.6 is 23.1 Å². The minimum absolute atomic E-state index is 0.0137. The van der Waals surface area contributed by atoms with Crippen LogP contribution in [0.5, 0.6) is 5.75 Å². The summed E-state index contributed by atoms with van der Waals surface area (Å²) in [6, 6.07) is 18.0. The van der Waals surface area contributed by atoms with E-state index in [9.17, 15) is 32.3 Å². The predicted octanol–water partition coefficient (Wildman–Crippen LogP) is 5.58. The number of carbonyl (C=O) groups excluding carboxylic acids is 3. The molecule has 3 heterocycles. The number of aromatic nitrogens is 1. The van der Waals surface area contributed by atoms with Crippen LogP contribution in [0.2, 0.25) is 0 Å². The zero-order valence-electron chi connectivity index (χ0n) is 22.3. The number of thioether (sulfide) groups is 1. The van der Waals surface area contributed by atoms with Gasteiger partial charge in [-0.25, -0.2) is 4.90 Å². The number of hydrogen-bond donors (Lipinski definition) is 2. The molecule has 0 aliphatic carbocycles. The lowest BCUT2D eigenvalue weighted by molar-refractivity contribution is -0.137. The third-order valence-corrected chi connectivity index (χ3v) is 9.60. The van der Waals surface area contributed by atoms with Gasteiger partial charge >= 0.3 is 11.0 Å². The number of benzene rings is 3. The van der Waals surface area contributed by atoms with Gasteiger partial charge in [0.05, 0.1) is 22.2 Å².